The van der Waals surface area contributed by atoms with Crippen molar-refractivity contribution in [3.63, 3.8) is 0 Å². The third-order valence-electron chi connectivity index (χ3n) is 4.05. The summed E-state index contributed by atoms with van der Waals surface area (Å²) in [5.41, 5.74) is 1.42. The molecule has 5 nitrogen and oxygen atoms in total. The first-order chi connectivity index (χ1) is 13.8. The topological polar surface area (TPSA) is 56.5 Å². The number of hydrogen-bond donors (Lipinski definition) is 0. The van der Waals surface area contributed by atoms with Gasteiger partial charge in [0, 0.05) is 10.9 Å². The minimum Gasteiger partial charge on any atom is -0.489 e. The van der Waals surface area contributed by atoms with E-state index in [1.165, 1.54) is 4.68 Å². The number of ether oxygens (including phenoxy) is 1. The Morgan fingerprint density at radius 3 is 2.55 bits per heavy atom. The maximum absolute atomic E-state index is 13.1. The molecule has 0 amide bonds. The van der Waals surface area contributed by atoms with E-state index in [1.54, 1.807) is 12.3 Å². The summed E-state index contributed by atoms with van der Waals surface area (Å²) in [6, 6.07) is 9.53. The van der Waals surface area contributed by atoms with Gasteiger partial charge in [0.1, 0.15) is 11.6 Å². The molecular formula is C21H20BrI2N3O2. The summed E-state index contributed by atoms with van der Waals surface area (Å²) in [6.07, 6.45) is 3.36. The molecule has 8 heteroatoms. The highest BCUT2D eigenvalue weighted by molar-refractivity contribution is 14.1. The second kappa shape index (κ2) is 9.86. The third-order valence-corrected chi connectivity index (χ3v) is 6.14. The zero-order valence-electron chi connectivity index (χ0n) is 16.2. The molecule has 1 heterocycles. The number of aryl methyl sites for hydroxylation is 1. The van der Waals surface area contributed by atoms with Crippen LogP contribution in [0.15, 0.2) is 44.7 Å². The molecule has 0 radical (unpaired) electrons. The van der Waals surface area contributed by atoms with Crippen molar-refractivity contribution in [2.24, 2.45) is 5.10 Å². The van der Waals surface area contributed by atoms with Gasteiger partial charge in [0.05, 0.1) is 30.4 Å². The molecule has 0 aliphatic carbocycles. The van der Waals surface area contributed by atoms with E-state index >= 15 is 0 Å². The van der Waals surface area contributed by atoms with Gasteiger partial charge >= 0.3 is 0 Å². The van der Waals surface area contributed by atoms with Gasteiger partial charge in [-0.1, -0.05) is 22.9 Å². The van der Waals surface area contributed by atoms with E-state index in [1.807, 2.05) is 38.1 Å². The fraction of sp³-hybridized carbons (Fsp3) is 0.286. The lowest BCUT2D eigenvalue weighted by molar-refractivity contribution is 0.239. The lowest BCUT2D eigenvalue weighted by atomic mass is 10.2. The molecule has 152 valence electrons. The predicted octanol–water partition coefficient (Wildman–Crippen LogP) is 5.99. The standard InChI is InChI=1S/C21H20BrI2N3O2/c1-4-5-19-26-18-7-6-14(22)10-15(18)21(28)27(19)25-11-13-8-16(23)20(17(24)9-13)29-12(2)3/h6-12H,4-5H2,1-3H3. The van der Waals surface area contributed by atoms with Gasteiger partial charge in [-0.2, -0.15) is 9.78 Å². The van der Waals surface area contributed by atoms with Crippen molar-refractivity contribution in [2.45, 2.75) is 39.7 Å². The molecule has 3 rings (SSSR count). The van der Waals surface area contributed by atoms with E-state index in [0.717, 1.165) is 29.3 Å². The highest BCUT2D eigenvalue weighted by Gasteiger charge is 2.12. The molecule has 0 saturated heterocycles. The van der Waals surface area contributed by atoms with Crippen LogP contribution in [-0.2, 0) is 6.42 Å². The van der Waals surface area contributed by atoms with Crippen LogP contribution in [0.5, 0.6) is 5.75 Å². The molecule has 0 spiro atoms. The largest absolute Gasteiger partial charge is 0.489 e. The van der Waals surface area contributed by atoms with Crippen LogP contribution >= 0.6 is 61.1 Å². The van der Waals surface area contributed by atoms with Crippen LogP contribution in [-0.4, -0.2) is 22.0 Å². The van der Waals surface area contributed by atoms with Crippen molar-refractivity contribution in [2.75, 3.05) is 0 Å². The van der Waals surface area contributed by atoms with Crippen molar-refractivity contribution in [1.82, 2.24) is 9.66 Å². The van der Waals surface area contributed by atoms with Crippen LogP contribution in [0.2, 0.25) is 0 Å². The lowest BCUT2D eigenvalue weighted by Gasteiger charge is -2.14. The van der Waals surface area contributed by atoms with Crippen molar-refractivity contribution < 1.29 is 4.74 Å². The second-order valence-electron chi connectivity index (χ2n) is 6.78. The van der Waals surface area contributed by atoms with E-state index < -0.39 is 0 Å². The van der Waals surface area contributed by atoms with Crippen LogP contribution in [0.1, 0.15) is 38.6 Å². The van der Waals surface area contributed by atoms with Crippen LogP contribution in [0, 0.1) is 7.14 Å². The van der Waals surface area contributed by atoms with Gasteiger partial charge in [0.25, 0.3) is 5.56 Å². The van der Waals surface area contributed by atoms with Crippen molar-refractivity contribution in [1.29, 1.82) is 0 Å². The Balaban J connectivity index is 2.07. The molecule has 0 N–H and O–H groups in total. The number of fused-ring (bicyclic) bond motifs is 1. The predicted molar refractivity (Wildman–Crippen MR) is 138 cm³/mol. The molecule has 1 aromatic heterocycles. The Kier molecular flexibility index (Phi) is 7.71. The van der Waals surface area contributed by atoms with Gasteiger partial charge in [0.2, 0.25) is 0 Å². The molecule has 0 aliphatic rings. The summed E-state index contributed by atoms with van der Waals surface area (Å²) in [5.74, 6) is 1.53. The van der Waals surface area contributed by atoms with Crippen LogP contribution in [0.3, 0.4) is 0 Å². The number of halogens is 3. The Labute approximate surface area is 205 Å². The van der Waals surface area contributed by atoms with Gasteiger partial charge in [-0.3, -0.25) is 4.79 Å². The number of aromatic nitrogens is 2. The fourth-order valence-corrected chi connectivity index (χ4v) is 5.26. The highest BCUT2D eigenvalue weighted by atomic mass is 127. The average Bonchev–Trinajstić information content (AvgIpc) is 2.65. The molecule has 0 saturated carbocycles. The van der Waals surface area contributed by atoms with Gasteiger partial charge in [-0.25, -0.2) is 4.98 Å². The summed E-state index contributed by atoms with van der Waals surface area (Å²) in [7, 11) is 0. The Hall–Kier alpha value is -1.01. The second-order valence-corrected chi connectivity index (χ2v) is 10.0. The molecule has 3 aromatic rings. The molecule has 0 atom stereocenters. The normalized spacial score (nSPS) is 11.7. The Bertz CT molecular complexity index is 1120. The molecular weight excluding hydrogens is 660 g/mol. The summed E-state index contributed by atoms with van der Waals surface area (Å²) in [5, 5.41) is 5.04. The summed E-state index contributed by atoms with van der Waals surface area (Å²) in [6.45, 7) is 6.08. The molecule has 0 fully saturated rings. The van der Waals surface area contributed by atoms with Crippen LogP contribution in [0.25, 0.3) is 10.9 Å². The lowest BCUT2D eigenvalue weighted by Crippen LogP contribution is -2.22. The Morgan fingerprint density at radius 2 is 1.93 bits per heavy atom. The maximum atomic E-state index is 13.1. The fourth-order valence-electron chi connectivity index (χ4n) is 2.83. The molecule has 2 aromatic carbocycles. The number of benzene rings is 2. The molecule has 0 unspecified atom stereocenters. The quantitative estimate of drug-likeness (QED) is 0.238. The average molecular weight is 680 g/mol. The van der Waals surface area contributed by atoms with E-state index in [-0.39, 0.29) is 11.7 Å². The first kappa shape index (κ1) is 22.7. The SMILES string of the molecule is CCCc1nc2ccc(Br)cc2c(=O)n1N=Cc1cc(I)c(OC(C)C)c(I)c1. The van der Waals surface area contributed by atoms with Crippen molar-refractivity contribution in [3.05, 3.63) is 63.7 Å². The number of nitrogens with zero attached hydrogens (tertiary/aromatic N) is 3. The first-order valence-electron chi connectivity index (χ1n) is 9.21. The van der Waals surface area contributed by atoms with E-state index in [2.05, 4.69) is 78.1 Å². The summed E-state index contributed by atoms with van der Waals surface area (Å²) in [4.78, 5) is 17.7. The van der Waals surface area contributed by atoms with Gasteiger partial charge in [-0.05, 0) is 101 Å². The highest BCUT2D eigenvalue weighted by Crippen LogP contribution is 2.29. The summed E-state index contributed by atoms with van der Waals surface area (Å²) >= 11 is 7.96. The number of rotatable bonds is 6. The monoisotopic (exact) mass is 679 g/mol. The molecule has 0 bridgehead atoms. The van der Waals surface area contributed by atoms with Gasteiger partial charge < -0.3 is 4.74 Å². The zero-order valence-corrected chi connectivity index (χ0v) is 22.1. The molecule has 0 aliphatic heterocycles. The van der Waals surface area contributed by atoms with E-state index in [0.29, 0.717) is 23.1 Å². The minimum atomic E-state index is -0.167. The van der Waals surface area contributed by atoms with Gasteiger partial charge in [0.15, 0.2) is 0 Å². The van der Waals surface area contributed by atoms with E-state index in [4.69, 9.17) is 4.74 Å². The third kappa shape index (κ3) is 5.38. The first-order valence-corrected chi connectivity index (χ1v) is 12.2. The maximum Gasteiger partial charge on any atom is 0.282 e. The van der Waals surface area contributed by atoms with Crippen LogP contribution < -0.4 is 10.3 Å². The van der Waals surface area contributed by atoms with E-state index in [9.17, 15) is 4.79 Å². The van der Waals surface area contributed by atoms with Crippen molar-refractivity contribution in [3.8, 4) is 5.75 Å². The Morgan fingerprint density at radius 1 is 1.24 bits per heavy atom. The smallest absolute Gasteiger partial charge is 0.282 e. The van der Waals surface area contributed by atoms with Gasteiger partial charge in [-0.15, -0.1) is 0 Å². The number of hydrogen-bond acceptors (Lipinski definition) is 4. The minimum absolute atomic E-state index is 0.106. The molecule has 29 heavy (non-hydrogen) atoms. The van der Waals surface area contributed by atoms with Crippen LogP contribution in [0.4, 0.5) is 0 Å². The zero-order chi connectivity index (χ0) is 21.1. The van der Waals surface area contributed by atoms with Crippen molar-refractivity contribution >= 4 is 78.2 Å². The summed E-state index contributed by atoms with van der Waals surface area (Å²) < 4.78 is 10.2.